The van der Waals surface area contributed by atoms with Gasteiger partial charge in [0.05, 0.1) is 5.69 Å². The number of rotatable bonds is 3. The van der Waals surface area contributed by atoms with Crippen molar-refractivity contribution < 1.29 is 4.79 Å². The summed E-state index contributed by atoms with van der Waals surface area (Å²) in [5, 5.41) is 5.79. The zero-order chi connectivity index (χ0) is 19.0. The van der Waals surface area contributed by atoms with Gasteiger partial charge in [0.2, 0.25) is 5.82 Å². The van der Waals surface area contributed by atoms with Crippen LogP contribution in [0.15, 0.2) is 41.2 Å². The standard InChI is InChI=1S/C19H22N6O2/c1-12-14(9-6-10-24(12)2)20-18(27)17-22-19-21-15(11-16(26)25(19)23-17)13-7-4-3-5-8-13/h3-5,7-8,11-12,14H,6,9-10H2,1-2H3,(H,20,27)(H,21,22,23). The topological polar surface area (TPSA) is 95.4 Å². The maximum absolute atomic E-state index is 12.6. The van der Waals surface area contributed by atoms with E-state index in [-0.39, 0.29) is 35.2 Å². The molecule has 8 heteroatoms. The molecule has 0 bridgehead atoms. The van der Waals surface area contributed by atoms with Gasteiger partial charge >= 0.3 is 0 Å². The van der Waals surface area contributed by atoms with E-state index in [4.69, 9.17) is 0 Å². The molecule has 1 fully saturated rings. The number of amides is 1. The lowest BCUT2D eigenvalue weighted by molar-refractivity contribution is 0.0858. The molecule has 0 radical (unpaired) electrons. The molecule has 3 aromatic rings. The Hall–Kier alpha value is -3.00. The van der Waals surface area contributed by atoms with Crippen LogP contribution in [0.2, 0.25) is 0 Å². The van der Waals surface area contributed by atoms with Gasteiger partial charge < -0.3 is 10.2 Å². The van der Waals surface area contributed by atoms with Gasteiger partial charge in [-0.05, 0) is 33.4 Å². The molecule has 8 nitrogen and oxygen atoms in total. The van der Waals surface area contributed by atoms with E-state index in [1.54, 1.807) is 0 Å². The van der Waals surface area contributed by atoms with E-state index in [0.29, 0.717) is 5.69 Å². The van der Waals surface area contributed by atoms with Gasteiger partial charge in [-0.25, -0.2) is 4.98 Å². The molecule has 140 valence electrons. The number of fused-ring (bicyclic) bond motifs is 1. The summed E-state index contributed by atoms with van der Waals surface area (Å²) in [6.45, 7) is 3.13. The van der Waals surface area contributed by atoms with Crippen LogP contribution in [0.1, 0.15) is 30.4 Å². The molecule has 1 aliphatic rings. The first-order valence-corrected chi connectivity index (χ1v) is 9.09. The molecule has 2 atom stereocenters. The third-order valence-corrected chi connectivity index (χ3v) is 5.24. The highest BCUT2D eigenvalue weighted by molar-refractivity contribution is 5.91. The Kier molecular flexibility index (Phi) is 4.49. The van der Waals surface area contributed by atoms with Crippen LogP contribution in [0, 0.1) is 0 Å². The molecule has 2 N–H and O–H groups in total. The Morgan fingerprint density at radius 2 is 2.04 bits per heavy atom. The average Bonchev–Trinajstić information content (AvgIpc) is 3.11. The lowest BCUT2D eigenvalue weighted by Crippen LogP contribution is -2.52. The number of aromatic amines is 1. The number of nitrogens with one attached hydrogen (secondary N) is 2. The molecule has 2 aromatic heterocycles. The van der Waals surface area contributed by atoms with Crippen LogP contribution in [0.5, 0.6) is 0 Å². The molecule has 0 spiro atoms. The van der Waals surface area contributed by atoms with Crippen LogP contribution in [-0.2, 0) is 0 Å². The van der Waals surface area contributed by atoms with Gasteiger partial charge in [-0.1, -0.05) is 30.3 Å². The van der Waals surface area contributed by atoms with Crippen LogP contribution in [0.25, 0.3) is 17.0 Å². The van der Waals surface area contributed by atoms with Crippen LogP contribution in [-0.4, -0.2) is 56.1 Å². The zero-order valence-corrected chi connectivity index (χ0v) is 15.3. The fraction of sp³-hybridized carbons (Fsp3) is 0.368. The third-order valence-electron chi connectivity index (χ3n) is 5.24. The fourth-order valence-corrected chi connectivity index (χ4v) is 3.48. The third kappa shape index (κ3) is 3.35. The van der Waals surface area contributed by atoms with E-state index in [2.05, 4.69) is 39.3 Å². The number of hydrogen-bond acceptors (Lipinski definition) is 5. The predicted molar refractivity (Wildman–Crippen MR) is 102 cm³/mol. The monoisotopic (exact) mass is 366 g/mol. The normalized spacial score (nSPS) is 20.7. The van der Waals surface area contributed by atoms with Crippen molar-refractivity contribution >= 4 is 11.7 Å². The predicted octanol–water partition coefficient (Wildman–Crippen LogP) is 1.30. The van der Waals surface area contributed by atoms with Crippen molar-refractivity contribution in [2.24, 2.45) is 0 Å². The first-order chi connectivity index (χ1) is 13.0. The van der Waals surface area contributed by atoms with Crippen molar-refractivity contribution in [3.63, 3.8) is 0 Å². The molecule has 3 heterocycles. The van der Waals surface area contributed by atoms with Crippen molar-refractivity contribution in [3.8, 4) is 11.3 Å². The molecule has 1 aromatic carbocycles. The van der Waals surface area contributed by atoms with Crippen molar-refractivity contribution in [1.82, 2.24) is 29.8 Å². The Morgan fingerprint density at radius 3 is 2.81 bits per heavy atom. The van der Waals surface area contributed by atoms with Crippen molar-refractivity contribution in [1.29, 1.82) is 0 Å². The van der Waals surface area contributed by atoms with E-state index < -0.39 is 0 Å². The molecule has 4 rings (SSSR count). The molecule has 1 aliphatic heterocycles. The Bertz CT molecular complexity index is 1030. The van der Waals surface area contributed by atoms with Gasteiger partial charge in [-0.15, -0.1) is 0 Å². The van der Waals surface area contributed by atoms with Crippen molar-refractivity contribution in [2.75, 3.05) is 13.6 Å². The molecule has 0 aliphatic carbocycles. The van der Waals surface area contributed by atoms with Crippen LogP contribution in [0.3, 0.4) is 0 Å². The number of H-pyrrole nitrogens is 1. The van der Waals surface area contributed by atoms with Gasteiger partial charge in [0.15, 0.2) is 0 Å². The maximum atomic E-state index is 12.6. The summed E-state index contributed by atoms with van der Waals surface area (Å²) in [4.78, 5) is 35.9. The van der Waals surface area contributed by atoms with Crippen molar-refractivity contribution in [2.45, 2.75) is 31.8 Å². The second kappa shape index (κ2) is 6.96. The Morgan fingerprint density at radius 1 is 1.26 bits per heavy atom. The van der Waals surface area contributed by atoms with E-state index in [1.807, 2.05) is 30.3 Å². The summed E-state index contributed by atoms with van der Waals surface area (Å²) in [5.41, 5.74) is 1.04. The van der Waals surface area contributed by atoms with Crippen LogP contribution >= 0.6 is 0 Å². The number of hydrogen-bond donors (Lipinski definition) is 2. The molecule has 27 heavy (non-hydrogen) atoms. The minimum atomic E-state index is -0.326. The smallest absolute Gasteiger partial charge is 0.288 e. The van der Waals surface area contributed by atoms with Gasteiger partial charge in [0.1, 0.15) is 0 Å². The van der Waals surface area contributed by atoms with Gasteiger partial charge in [0.25, 0.3) is 17.2 Å². The maximum Gasteiger partial charge on any atom is 0.288 e. The number of carbonyl (C=O) groups excluding carboxylic acids is 1. The second-order valence-electron chi connectivity index (χ2n) is 7.00. The number of nitrogens with zero attached hydrogens (tertiary/aromatic N) is 4. The molecule has 1 amide bonds. The quantitative estimate of drug-likeness (QED) is 0.728. The summed E-state index contributed by atoms with van der Waals surface area (Å²) in [6, 6.07) is 11.1. The number of likely N-dealkylation sites (tertiary alicyclic amines) is 1. The molecule has 1 saturated heterocycles. The first-order valence-electron chi connectivity index (χ1n) is 9.09. The number of likely N-dealkylation sites (N-methyl/N-ethyl adjacent to an activating group) is 1. The number of benzene rings is 1. The second-order valence-corrected chi connectivity index (χ2v) is 7.00. The largest absolute Gasteiger partial charge is 0.345 e. The summed E-state index contributed by atoms with van der Waals surface area (Å²) < 4.78 is 1.19. The van der Waals surface area contributed by atoms with Gasteiger partial charge in [-0.3, -0.25) is 14.7 Å². The first kappa shape index (κ1) is 17.4. The van der Waals surface area contributed by atoms with Gasteiger partial charge in [0, 0.05) is 23.7 Å². The van der Waals surface area contributed by atoms with Crippen molar-refractivity contribution in [3.05, 3.63) is 52.6 Å². The number of piperidine rings is 1. The van der Waals surface area contributed by atoms with E-state index in [9.17, 15) is 9.59 Å². The van der Waals surface area contributed by atoms with Crippen LogP contribution < -0.4 is 10.9 Å². The van der Waals surface area contributed by atoms with Crippen LogP contribution in [0.4, 0.5) is 0 Å². The summed E-state index contributed by atoms with van der Waals surface area (Å²) in [6.07, 6.45) is 1.96. The summed E-state index contributed by atoms with van der Waals surface area (Å²) in [5.74, 6) is -0.0566. The SMILES string of the molecule is CC1C(NC(=O)c2nc3nc(-c4ccccc4)cc(=O)n3[nH]2)CCCN1C. The highest BCUT2D eigenvalue weighted by Gasteiger charge is 2.28. The minimum absolute atomic E-state index is 0.0500. The minimum Gasteiger partial charge on any atom is -0.345 e. The Balaban J connectivity index is 1.62. The highest BCUT2D eigenvalue weighted by atomic mass is 16.2. The molecule has 0 saturated carbocycles. The van der Waals surface area contributed by atoms with E-state index in [0.717, 1.165) is 24.9 Å². The fourth-order valence-electron chi connectivity index (χ4n) is 3.48. The van der Waals surface area contributed by atoms with Gasteiger partial charge in [-0.2, -0.15) is 9.50 Å². The Labute approximate surface area is 156 Å². The van der Waals surface area contributed by atoms with E-state index in [1.165, 1.54) is 10.6 Å². The molecular weight excluding hydrogens is 344 g/mol. The molecular formula is C19H22N6O2. The number of aromatic nitrogens is 4. The van der Waals surface area contributed by atoms with E-state index >= 15 is 0 Å². The highest BCUT2D eigenvalue weighted by Crippen LogP contribution is 2.17. The lowest BCUT2D eigenvalue weighted by Gasteiger charge is -2.37. The lowest BCUT2D eigenvalue weighted by atomic mass is 9.98. The zero-order valence-electron chi connectivity index (χ0n) is 15.3. The summed E-state index contributed by atoms with van der Waals surface area (Å²) >= 11 is 0. The average molecular weight is 366 g/mol. The molecule has 2 unspecified atom stereocenters. The summed E-state index contributed by atoms with van der Waals surface area (Å²) in [7, 11) is 2.05. The number of carbonyl (C=O) groups is 1.